The average Bonchev–Trinajstić information content (AvgIpc) is 3.00. The summed E-state index contributed by atoms with van der Waals surface area (Å²) in [5.74, 6) is 0.00209. The minimum atomic E-state index is 0. The maximum Gasteiger partial charge on any atom is 0.260 e. The molecule has 0 aliphatic heterocycles. The van der Waals surface area contributed by atoms with Crippen molar-refractivity contribution in [2.24, 2.45) is 0 Å². The Morgan fingerprint density at radius 3 is 2.46 bits per heavy atom. The van der Waals surface area contributed by atoms with Crippen molar-refractivity contribution in [3.8, 4) is 0 Å². The van der Waals surface area contributed by atoms with Crippen molar-refractivity contribution in [2.45, 2.75) is 13.8 Å². The van der Waals surface area contributed by atoms with Crippen LogP contribution in [0.5, 0.6) is 0 Å². The number of benzene rings is 2. The van der Waals surface area contributed by atoms with E-state index in [0.29, 0.717) is 12.1 Å². The Kier molecular flexibility index (Phi) is 6.75. The Bertz CT molecular complexity index is 907. The Labute approximate surface area is 164 Å². The summed E-state index contributed by atoms with van der Waals surface area (Å²) in [6, 6.07) is 13.9. The number of likely N-dealkylation sites (N-methyl/N-ethyl adjacent to an activating group) is 1. The zero-order chi connectivity index (χ0) is 18.0. The lowest BCUT2D eigenvalue weighted by Gasteiger charge is -2.22. The Balaban J connectivity index is 0.00000243. The number of thiazole rings is 1. The number of carbonyl (C=O) groups excluding carboxylic acids is 1. The van der Waals surface area contributed by atoms with E-state index in [-0.39, 0.29) is 18.3 Å². The number of nitrogens with zero attached hydrogens (tertiary/aromatic N) is 3. The second kappa shape index (κ2) is 8.62. The minimum Gasteiger partial charge on any atom is -0.308 e. The van der Waals surface area contributed by atoms with E-state index in [1.807, 2.05) is 51.4 Å². The number of halogens is 1. The van der Waals surface area contributed by atoms with Crippen LogP contribution in [0.4, 0.5) is 5.13 Å². The van der Waals surface area contributed by atoms with Gasteiger partial charge in [-0.3, -0.25) is 9.69 Å². The van der Waals surface area contributed by atoms with Crippen LogP contribution < -0.4 is 4.90 Å². The van der Waals surface area contributed by atoms with Crippen LogP contribution in [0.3, 0.4) is 0 Å². The number of carbonyl (C=O) groups is 1. The largest absolute Gasteiger partial charge is 0.308 e. The SMILES string of the molecule is Cc1cccc(C(=O)N(CCN(C)C)c2nc3c(C)cccc3s2)c1.Cl. The summed E-state index contributed by atoms with van der Waals surface area (Å²) in [7, 11) is 4.02. The molecule has 0 atom stereocenters. The topological polar surface area (TPSA) is 36.4 Å². The van der Waals surface area contributed by atoms with E-state index in [0.717, 1.165) is 33.0 Å². The molecule has 0 aliphatic rings. The highest BCUT2D eigenvalue weighted by Gasteiger charge is 2.21. The molecule has 4 nitrogen and oxygen atoms in total. The number of para-hydroxylation sites is 1. The van der Waals surface area contributed by atoms with Gasteiger partial charge in [0.25, 0.3) is 5.91 Å². The lowest BCUT2D eigenvalue weighted by molar-refractivity contribution is 0.0985. The number of anilines is 1. The van der Waals surface area contributed by atoms with Gasteiger partial charge in [-0.1, -0.05) is 41.2 Å². The number of fused-ring (bicyclic) bond motifs is 1. The number of aromatic nitrogens is 1. The molecule has 0 saturated heterocycles. The van der Waals surface area contributed by atoms with E-state index in [9.17, 15) is 4.79 Å². The number of hydrogen-bond acceptors (Lipinski definition) is 4. The monoisotopic (exact) mass is 389 g/mol. The molecule has 1 heterocycles. The first-order valence-corrected chi connectivity index (χ1v) is 9.17. The van der Waals surface area contributed by atoms with E-state index in [1.165, 1.54) is 0 Å². The van der Waals surface area contributed by atoms with Crippen LogP contribution in [0.15, 0.2) is 42.5 Å². The normalized spacial score (nSPS) is 10.8. The van der Waals surface area contributed by atoms with Crippen LogP contribution in [0.25, 0.3) is 10.2 Å². The van der Waals surface area contributed by atoms with E-state index in [1.54, 1.807) is 16.2 Å². The molecule has 0 spiro atoms. The van der Waals surface area contributed by atoms with Gasteiger partial charge in [-0.25, -0.2) is 4.98 Å². The number of rotatable bonds is 5. The second-order valence-electron chi connectivity index (χ2n) is 6.55. The summed E-state index contributed by atoms with van der Waals surface area (Å²) in [6.07, 6.45) is 0. The first-order valence-electron chi connectivity index (χ1n) is 8.35. The molecule has 0 fully saturated rings. The average molecular weight is 390 g/mol. The van der Waals surface area contributed by atoms with E-state index < -0.39 is 0 Å². The maximum atomic E-state index is 13.1. The molecule has 3 rings (SSSR count). The number of amides is 1. The zero-order valence-electron chi connectivity index (χ0n) is 15.5. The third kappa shape index (κ3) is 4.41. The van der Waals surface area contributed by atoms with Gasteiger partial charge in [-0.15, -0.1) is 12.4 Å². The predicted octanol–water partition coefficient (Wildman–Crippen LogP) is 4.54. The fourth-order valence-electron chi connectivity index (χ4n) is 2.71. The third-order valence-electron chi connectivity index (χ3n) is 4.12. The molecule has 0 aliphatic carbocycles. The fourth-order valence-corrected chi connectivity index (χ4v) is 3.78. The van der Waals surface area contributed by atoms with E-state index in [2.05, 4.69) is 24.0 Å². The van der Waals surface area contributed by atoms with Crippen LogP contribution in [0.1, 0.15) is 21.5 Å². The van der Waals surface area contributed by atoms with Gasteiger partial charge in [0, 0.05) is 18.7 Å². The van der Waals surface area contributed by atoms with Crippen molar-refractivity contribution < 1.29 is 4.79 Å². The summed E-state index contributed by atoms with van der Waals surface area (Å²) in [5, 5.41) is 0.762. The van der Waals surface area contributed by atoms with Gasteiger partial charge in [0.05, 0.1) is 10.2 Å². The molecule has 0 unspecified atom stereocenters. The van der Waals surface area contributed by atoms with Crippen molar-refractivity contribution in [1.82, 2.24) is 9.88 Å². The summed E-state index contributed by atoms with van der Waals surface area (Å²) in [4.78, 5) is 21.8. The Morgan fingerprint density at radius 2 is 1.81 bits per heavy atom. The standard InChI is InChI=1S/C20H23N3OS.ClH/c1-14-7-5-9-16(13-14)19(24)23(12-11-22(3)4)20-21-18-15(2)8-6-10-17(18)25-20;/h5-10,13H,11-12H2,1-4H3;1H. The molecule has 0 N–H and O–H groups in total. The second-order valence-corrected chi connectivity index (χ2v) is 7.56. The highest BCUT2D eigenvalue weighted by Crippen LogP contribution is 2.31. The summed E-state index contributed by atoms with van der Waals surface area (Å²) >= 11 is 1.57. The van der Waals surface area contributed by atoms with E-state index in [4.69, 9.17) is 4.98 Å². The number of hydrogen-bond donors (Lipinski definition) is 0. The molecule has 2 aromatic carbocycles. The molecule has 0 bridgehead atoms. The van der Waals surface area contributed by atoms with Gasteiger partial charge >= 0.3 is 0 Å². The van der Waals surface area contributed by atoms with Gasteiger partial charge in [0.1, 0.15) is 0 Å². The lowest BCUT2D eigenvalue weighted by atomic mass is 10.1. The van der Waals surface area contributed by atoms with Crippen molar-refractivity contribution in [3.63, 3.8) is 0 Å². The van der Waals surface area contributed by atoms with Crippen LogP contribution in [0.2, 0.25) is 0 Å². The molecule has 138 valence electrons. The summed E-state index contributed by atoms with van der Waals surface area (Å²) < 4.78 is 1.11. The van der Waals surface area contributed by atoms with Crippen molar-refractivity contribution in [1.29, 1.82) is 0 Å². The van der Waals surface area contributed by atoms with Crippen LogP contribution >= 0.6 is 23.7 Å². The fraction of sp³-hybridized carbons (Fsp3) is 0.300. The molecule has 6 heteroatoms. The lowest BCUT2D eigenvalue weighted by Crippen LogP contribution is -2.36. The minimum absolute atomic E-state index is 0. The number of aryl methyl sites for hydroxylation is 2. The van der Waals surface area contributed by atoms with Crippen LogP contribution in [-0.2, 0) is 0 Å². The van der Waals surface area contributed by atoms with Gasteiger partial charge in [-0.2, -0.15) is 0 Å². The first-order chi connectivity index (χ1) is 12.0. The molecule has 0 radical (unpaired) electrons. The van der Waals surface area contributed by atoms with Crippen LogP contribution in [-0.4, -0.2) is 43.0 Å². The molecule has 1 amide bonds. The van der Waals surface area contributed by atoms with Gasteiger partial charge in [0.2, 0.25) is 0 Å². The molecule has 3 aromatic rings. The highest BCUT2D eigenvalue weighted by atomic mass is 35.5. The molecular formula is C20H24ClN3OS. The van der Waals surface area contributed by atoms with Gasteiger partial charge < -0.3 is 4.90 Å². The molecule has 26 heavy (non-hydrogen) atoms. The molecular weight excluding hydrogens is 366 g/mol. The Hall–Kier alpha value is -1.95. The molecule has 1 aromatic heterocycles. The van der Waals surface area contributed by atoms with Crippen molar-refractivity contribution >= 4 is 45.0 Å². The van der Waals surface area contributed by atoms with Crippen molar-refractivity contribution in [3.05, 3.63) is 59.2 Å². The van der Waals surface area contributed by atoms with Crippen molar-refractivity contribution in [2.75, 3.05) is 32.1 Å². The maximum absolute atomic E-state index is 13.1. The predicted molar refractivity (Wildman–Crippen MR) is 113 cm³/mol. The van der Waals surface area contributed by atoms with Gasteiger partial charge in [0.15, 0.2) is 5.13 Å². The quantitative estimate of drug-likeness (QED) is 0.642. The summed E-state index contributed by atoms with van der Waals surface area (Å²) in [6.45, 7) is 5.45. The highest BCUT2D eigenvalue weighted by molar-refractivity contribution is 7.22. The Morgan fingerprint density at radius 1 is 1.08 bits per heavy atom. The summed E-state index contributed by atoms with van der Waals surface area (Å²) in [5.41, 5.74) is 3.90. The third-order valence-corrected chi connectivity index (χ3v) is 5.16. The zero-order valence-corrected chi connectivity index (χ0v) is 17.2. The first kappa shape index (κ1) is 20.4. The van der Waals surface area contributed by atoms with E-state index >= 15 is 0 Å². The molecule has 0 saturated carbocycles. The van der Waals surface area contributed by atoms with Gasteiger partial charge in [-0.05, 0) is 51.7 Å². The van der Waals surface area contributed by atoms with Crippen LogP contribution in [0, 0.1) is 13.8 Å². The smallest absolute Gasteiger partial charge is 0.260 e.